The van der Waals surface area contributed by atoms with E-state index in [1.165, 1.54) is 10.9 Å². The van der Waals surface area contributed by atoms with Crippen LogP contribution >= 0.6 is 0 Å². The van der Waals surface area contributed by atoms with E-state index < -0.39 is 0 Å². The van der Waals surface area contributed by atoms with Crippen molar-refractivity contribution in [2.45, 2.75) is 0 Å². The number of aldehydes is 1. The molecule has 0 saturated heterocycles. The van der Waals surface area contributed by atoms with Crippen molar-refractivity contribution in [1.82, 2.24) is 14.8 Å². The lowest BCUT2D eigenvalue weighted by Gasteiger charge is -2.08. The minimum atomic E-state index is -0.334. The normalized spacial score (nSPS) is 10.8. The van der Waals surface area contributed by atoms with Crippen molar-refractivity contribution < 1.29 is 19.5 Å². The molecule has 0 unspecified atom stereocenters. The third-order valence-electron chi connectivity index (χ3n) is 4.63. The number of ketones is 1. The van der Waals surface area contributed by atoms with Crippen molar-refractivity contribution in [1.29, 1.82) is 0 Å². The van der Waals surface area contributed by atoms with Gasteiger partial charge in [0.1, 0.15) is 5.69 Å². The summed E-state index contributed by atoms with van der Waals surface area (Å²) < 4.78 is 1.46. The van der Waals surface area contributed by atoms with E-state index in [0.29, 0.717) is 39.7 Å². The SMILES string of the molecule is Cn1nccc1C(=O)Nc1cccc(C(=O)c2ccc3c(C=O)c(O)[nH]c3c2)c1. The van der Waals surface area contributed by atoms with Crippen molar-refractivity contribution in [3.8, 4) is 5.88 Å². The van der Waals surface area contributed by atoms with E-state index in [4.69, 9.17) is 0 Å². The van der Waals surface area contributed by atoms with Gasteiger partial charge in [0.05, 0.1) is 5.56 Å². The Bertz CT molecular complexity index is 1270. The summed E-state index contributed by atoms with van der Waals surface area (Å²) in [4.78, 5) is 39.0. The maximum Gasteiger partial charge on any atom is 0.273 e. The molecule has 8 heteroatoms. The van der Waals surface area contributed by atoms with E-state index in [1.807, 2.05) is 0 Å². The first kappa shape index (κ1) is 18.2. The molecule has 2 heterocycles. The number of hydrogen-bond acceptors (Lipinski definition) is 5. The Kier molecular flexibility index (Phi) is 4.44. The van der Waals surface area contributed by atoms with Crippen molar-refractivity contribution >= 4 is 34.6 Å². The molecule has 0 aliphatic carbocycles. The average Bonchev–Trinajstić information content (AvgIpc) is 3.28. The van der Waals surface area contributed by atoms with Crippen LogP contribution in [0.4, 0.5) is 5.69 Å². The van der Waals surface area contributed by atoms with Gasteiger partial charge in [0.15, 0.2) is 17.9 Å². The third kappa shape index (κ3) is 3.27. The number of aromatic hydroxyl groups is 1. The predicted octanol–water partition coefficient (Wildman–Crippen LogP) is 2.90. The second-order valence-corrected chi connectivity index (χ2v) is 6.47. The van der Waals surface area contributed by atoms with Crippen LogP contribution in [0.1, 0.15) is 36.8 Å². The van der Waals surface area contributed by atoms with Crippen LogP contribution in [-0.4, -0.2) is 37.8 Å². The van der Waals surface area contributed by atoms with Crippen molar-refractivity contribution in [3.05, 3.63) is 77.1 Å². The van der Waals surface area contributed by atoms with E-state index in [-0.39, 0.29) is 23.1 Å². The second-order valence-electron chi connectivity index (χ2n) is 6.47. The number of aromatic nitrogens is 3. The number of amides is 1. The van der Waals surface area contributed by atoms with Crippen LogP contribution in [0, 0.1) is 0 Å². The number of nitrogens with zero attached hydrogens (tertiary/aromatic N) is 2. The number of fused-ring (bicyclic) bond motifs is 1. The van der Waals surface area contributed by atoms with Crippen molar-refractivity contribution in [2.24, 2.45) is 7.05 Å². The lowest BCUT2D eigenvalue weighted by molar-refractivity contribution is 0.101. The number of aromatic amines is 1. The molecule has 0 bridgehead atoms. The van der Waals surface area contributed by atoms with Crippen LogP contribution in [0.15, 0.2) is 54.7 Å². The fourth-order valence-electron chi connectivity index (χ4n) is 3.16. The summed E-state index contributed by atoms with van der Waals surface area (Å²) in [5.74, 6) is -0.830. The zero-order valence-electron chi connectivity index (χ0n) is 15.3. The summed E-state index contributed by atoms with van der Waals surface area (Å²) in [6.45, 7) is 0. The number of aryl methyl sites for hydroxylation is 1. The monoisotopic (exact) mass is 388 g/mol. The molecule has 4 rings (SSSR count). The first-order valence-corrected chi connectivity index (χ1v) is 8.72. The first-order valence-electron chi connectivity index (χ1n) is 8.72. The molecular weight excluding hydrogens is 372 g/mol. The van der Waals surface area contributed by atoms with Crippen LogP contribution in [0.3, 0.4) is 0 Å². The average molecular weight is 388 g/mol. The summed E-state index contributed by atoms with van der Waals surface area (Å²) in [6.07, 6.45) is 2.09. The van der Waals surface area contributed by atoms with Gasteiger partial charge >= 0.3 is 0 Å². The summed E-state index contributed by atoms with van der Waals surface area (Å²) in [7, 11) is 1.67. The molecule has 0 fully saturated rings. The molecule has 0 saturated carbocycles. The fraction of sp³-hybridized carbons (Fsp3) is 0.0476. The predicted molar refractivity (Wildman–Crippen MR) is 106 cm³/mol. The molecular formula is C21H16N4O4. The highest BCUT2D eigenvalue weighted by Gasteiger charge is 2.15. The largest absolute Gasteiger partial charge is 0.494 e. The number of H-pyrrole nitrogens is 1. The Labute approximate surface area is 164 Å². The van der Waals surface area contributed by atoms with Crippen LogP contribution in [0.5, 0.6) is 5.88 Å². The lowest BCUT2D eigenvalue weighted by Crippen LogP contribution is -2.16. The quantitative estimate of drug-likeness (QED) is 0.359. The minimum absolute atomic E-state index is 0.152. The van der Waals surface area contributed by atoms with Gasteiger partial charge in [-0.05, 0) is 24.3 Å². The summed E-state index contributed by atoms with van der Waals surface area (Å²) in [5, 5.41) is 17.0. The maximum absolute atomic E-state index is 12.9. The molecule has 8 nitrogen and oxygen atoms in total. The Balaban J connectivity index is 1.62. The molecule has 0 aliphatic rings. The van der Waals surface area contributed by atoms with Gasteiger partial charge in [-0.15, -0.1) is 0 Å². The standard InChI is InChI=1S/C21H16N4O4/c1-25-18(7-8-22-25)21(29)23-14-4-2-3-12(9-14)19(27)13-5-6-15-16(11-26)20(28)24-17(15)10-13/h2-11,24,28H,1H3,(H,23,29). The van der Waals surface area contributed by atoms with Gasteiger partial charge in [0.25, 0.3) is 5.91 Å². The van der Waals surface area contributed by atoms with Crippen LogP contribution in [-0.2, 0) is 7.05 Å². The van der Waals surface area contributed by atoms with E-state index in [1.54, 1.807) is 55.6 Å². The molecule has 0 spiro atoms. The van der Waals surface area contributed by atoms with Gasteiger partial charge in [-0.3, -0.25) is 19.1 Å². The van der Waals surface area contributed by atoms with Gasteiger partial charge in [-0.25, -0.2) is 0 Å². The number of hydrogen-bond donors (Lipinski definition) is 3. The van der Waals surface area contributed by atoms with Crippen molar-refractivity contribution in [2.75, 3.05) is 5.32 Å². The topological polar surface area (TPSA) is 117 Å². The van der Waals surface area contributed by atoms with Gasteiger partial charge in [0.2, 0.25) is 0 Å². The molecule has 0 radical (unpaired) electrons. The number of rotatable bonds is 5. The zero-order chi connectivity index (χ0) is 20.5. The number of carbonyl (C=O) groups excluding carboxylic acids is 3. The van der Waals surface area contributed by atoms with Gasteiger partial charge in [-0.2, -0.15) is 5.10 Å². The molecule has 3 N–H and O–H groups in total. The van der Waals surface area contributed by atoms with E-state index in [2.05, 4.69) is 15.4 Å². The Morgan fingerprint density at radius 3 is 2.66 bits per heavy atom. The van der Waals surface area contributed by atoms with Gasteiger partial charge < -0.3 is 15.4 Å². The minimum Gasteiger partial charge on any atom is -0.494 e. The molecule has 144 valence electrons. The molecule has 2 aromatic carbocycles. The maximum atomic E-state index is 12.9. The second kappa shape index (κ2) is 7.08. The van der Waals surface area contributed by atoms with Gasteiger partial charge in [-0.1, -0.05) is 24.3 Å². The highest BCUT2D eigenvalue weighted by molar-refractivity contribution is 6.12. The molecule has 1 amide bonds. The summed E-state index contributed by atoms with van der Waals surface area (Å²) in [6, 6.07) is 13.0. The number of nitrogens with one attached hydrogen (secondary N) is 2. The van der Waals surface area contributed by atoms with Crippen LogP contribution in [0.2, 0.25) is 0 Å². The lowest BCUT2D eigenvalue weighted by atomic mass is 10.0. The van der Waals surface area contributed by atoms with Crippen LogP contribution < -0.4 is 5.32 Å². The summed E-state index contributed by atoms with van der Waals surface area (Å²) >= 11 is 0. The fourth-order valence-corrected chi connectivity index (χ4v) is 3.16. The molecule has 4 aromatic rings. The Morgan fingerprint density at radius 1 is 1.14 bits per heavy atom. The highest BCUT2D eigenvalue weighted by atomic mass is 16.3. The highest BCUT2D eigenvalue weighted by Crippen LogP contribution is 2.27. The molecule has 2 aromatic heterocycles. The number of anilines is 1. The Hall–Kier alpha value is -4.20. The van der Waals surface area contributed by atoms with E-state index in [9.17, 15) is 19.5 Å². The number of carbonyl (C=O) groups is 3. The van der Waals surface area contributed by atoms with Gasteiger partial charge in [0, 0.05) is 41.0 Å². The zero-order valence-corrected chi connectivity index (χ0v) is 15.3. The van der Waals surface area contributed by atoms with E-state index >= 15 is 0 Å². The molecule has 29 heavy (non-hydrogen) atoms. The van der Waals surface area contributed by atoms with E-state index in [0.717, 1.165) is 0 Å². The smallest absolute Gasteiger partial charge is 0.273 e. The third-order valence-corrected chi connectivity index (χ3v) is 4.63. The Morgan fingerprint density at radius 2 is 1.93 bits per heavy atom. The van der Waals surface area contributed by atoms with Crippen LogP contribution in [0.25, 0.3) is 10.9 Å². The summed E-state index contributed by atoms with van der Waals surface area (Å²) in [5.41, 5.74) is 2.27. The molecule has 0 atom stereocenters. The molecule has 0 aliphatic heterocycles. The van der Waals surface area contributed by atoms with Crippen molar-refractivity contribution in [3.63, 3.8) is 0 Å². The number of benzene rings is 2. The first-order chi connectivity index (χ1) is 14.0.